The molecule has 2 N–H and O–H groups in total. The standard InChI is InChI=1S/C17H18N2OS2/c1-21-15-7-6-14(22-15)17(20)19-16-11-5-3-2-4-10(11)12-8-18-9-13(12)16/h2-7,12-13,16,18H,8-9H2,1H3,(H,19,20)/t12-,13+,16-/m0/s1. The van der Waals surface area contributed by atoms with Crippen LogP contribution in [0.15, 0.2) is 40.6 Å². The van der Waals surface area contributed by atoms with E-state index in [9.17, 15) is 4.79 Å². The molecule has 0 saturated carbocycles. The molecule has 4 rings (SSSR count). The maximum Gasteiger partial charge on any atom is 0.261 e. The molecule has 2 aliphatic rings. The van der Waals surface area contributed by atoms with E-state index in [1.165, 1.54) is 15.3 Å². The van der Waals surface area contributed by atoms with Crippen LogP contribution in [0.25, 0.3) is 0 Å². The van der Waals surface area contributed by atoms with E-state index in [1.807, 2.05) is 18.4 Å². The maximum atomic E-state index is 12.6. The van der Waals surface area contributed by atoms with Crippen LogP contribution >= 0.6 is 23.1 Å². The fourth-order valence-electron chi connectivity index (χ4n) is 3.70. The van der Waals surface area contributed by atoms with E-state index in [1.54, 1.807) is 23.1 Å². The van der Waals surface area contributed by atoms with Crippen LogP contribution in [-0.4, -0.2) is 25.3 Å². The molecule has 0 radical (unpaired) electrons. The first kappa shape index (κ1) is 14.3. The highest BCUT2D eigenvalue weighted by molar-refractivity contribution is 8.00. The molecule has 2 aromatic rings. The molecule has 1 aromatic heterocycles. The van der Waals surface area contributed by atoms with E-state index in [0.29, 0.717) is 11.8 Å². The molecule has 3 atom stereocenters. The average Bonchev–Trinajstić information content (AvgIpc) is 3.24. The molecule has 22 heavy (non-hydrogen) atoms. The van der Waals surface area contributed by atoms with Gasteiger partial charge in [-0.25, -0.2) is 0 Å². The highest BCUT2D eigenvalue weighted by atomic mass is 32.2. The number of carbonyl (C=O) groups excluding carboxylic acids is 1. The summed E-state index contributed by atoms with van der Waals surface area (Å²) in [5.74, 6) is 1.06. The van der Waals surface area contributed by atoms with Crippen LogP contribution in [0, 0.1) is 5.92 Å². The van der Waals surface area contributed by atoms with Crippen molar-refractivity contribution >= 4 is 29.0 Å². The van der Waals surface area contributed by atoms with Gasteiger partial charge in [-0.05, 0) is 29.5 Å². The molecule has 1 amide bonds. The Balaban J connectivity index is 1.60. The second kappa shape index (κ2) is 5.72. The van der Waals surface area contributed by atoms with Crippen LogP contribution in [0.1, 0.15) is 32.8 Å². The molecule has 2 heterocycles. The van der Waals surface area contributed by atoms with Gasteiger partial charge < -0.3 is 10.6 Å². The largest absolute Gasteiger partial charge is 0.344 e. The molecule has 1 aromatic carbocycles. The van der Waals surface area contributed by atoms with Gasteiger partial charge in [-0.15, -0.1) is 23.1 Å². The van der Waals surface area contributed by atoms with E-state index in [-0.39, 0.29) is 11.9 Å². The Morgan fingerprint density at radius 1 is 1.23 bits per heavy atom. The van der Waals surface area contributed by atoms with E-state index in [4.69, 9.17) is 0 Å². The second-order valence-corrected chi connectivity index (χ2v) is 8.02. The summed E-state index contributed by atoms with van der Waals surface area (Å²) in [4.78, 5) is 13.4. The van der Waals surface area contributed by atoms with Crippen molar-refractivity contribution < 1.29 is 4.79 Å². The molecule has 3 nitrogen and oxygen atoms in total. The maximum absolute atomic E-state index is 12.6. The fourth-order valence-corrected chi connectivity index (χ4v) is 5.15. The predicted octanol–water partition coefficient (Wildman–Crippen LogP) is 3.26. The van der Waals surface area contributed by atoms with Gasteiger partial charge in [-0.1, -0.05) is 24.3 Å². The third-order valence-corrected chi connectivity index (χ3v) is 6.88. The summed E-state index contributed by atoms with van der Waals surface area (Å²) in [7, 11) is 0. The Bertz CT molecular complexity index is 712. The van der Waals surface area contributed by atoms with Crippen molar-refractivity contribution in [3.63, 3.8) is 0 Å². The number of benzene rings is 1. The molecule has 1 saturated heterocycles. The fraction of sp³-hybridized carbons (Fsp3) is 0.353. The first-order valence-electron chi connectivity index (χ1n) is 7.52. The number of hydrogen-bond acceptors (Lipinski definition) is 4. The lowest BCUT2D eigenvalue weighted by Crippen LogP contribution is -2.32. The number of rotatable bonds is 3. The zero-order valence-electron chi connectivity index (χ0n) is 12.3. The summed E-state index contributed by atoms with van der Waals surface area (Å²) in [6, 6.07) is 12.6. The number of fused-ring (bicyclic) bond motifs is 3. The van der Waals surface area contributed by atoms with E-state index in [0.717, 1.165) is 18.0 Å². The Labute approximate surface area is 138 Å². The smallest absolute Gasteiger partial charge is 0.261 e. The summed E-state index contributed by atoms with van der Waals surface area (Å²) < 4.78 is 1.18. The van der Waals surface area contributed by atoms with E-state index < -0.39 is 0 Å². The highest BCUT2D eigenvalue weighted by Gasteiger charge is 2.43. The van der Waals surface area contributed by atoms with Crippen molar-refractivity contribution in [3.05, 3.63) is 52.4 Å². The van der Waals surface area contributed by atoms with Crippen molar-refractivity contribution in [2.24, 2.45) is 5.92 Å². The summed E-state index contributed by atoms with van der Waals surface area (Å²) in [6.07, 6.45) is 2.04. The van der Waals surface area contributed by atoms with E-state index in [2.05, 4.69) is 34.9 Å². The van der Waals surface area contributed by atoms with Gasteiger partial charge in [0.25, 0.3) is 5.91 Å². The lowest BCUT2D eigenvalue weighted by Gasteiger charge is -2.20. The molecular formula is C17H18N2OS2. The summed E-state index contributed by atoms with van der Waals surface area (Å²) >= 11 is 3.25. The number of hydrogen-bond donors (Lipinski definition) is 2. The molecule has 114 valence electrons. The molecule has 0 bridgehead atoms. The van der Waals surface area contributed by atoms with E-state index >= 15 is 0 Å². The summed E-state index contributed by atoms with van der Waals surface area (Å²) in [5, 5.41) is 6.75. The van der Waals surface area contributed by atoms with Gasteiger partial charge in [0.05, 0.1) is 15.1 Å². The number of nitrogens with one attached hydrogen (secondary N) is 2. The van der Waals surface area contributed by atoms with Gasteiger partial charge in [-0.2, -0.15) is 0 Å². The van der Waals surface area contributed by atoms with Gasteiger partial charge in [0.2, 0.25) is 0 Å². The zero-order chi connectivity index (χ0) is 15.1. The Kier molecular flexibility index (Phi) is 3.72. The van der Waals surface area contributed by atoms with Gasteiger partial charge in [0.15, 0.2) is 0 Å². The van der Waals surface area contributed by atoms with Crippen LogP contribution in [0.4, 0.5) is 0 Å². The normalized spacial score (nSPS) is 25.8. The van der Waals surface area contributed by atoms with Crippen LogP contribution in [0.5, 0.6) is 0 Å². The quantitative estimate of drug-likeness (QED) is 0.849. The SMILES string of the molecule is CSc1ccc(C(=O)N[C@H]2c3ccccc3[C@@H]3CNC[C@H]32)s1. The third kappa shape index (κ3) is 2.28. The van der Waals surface area contributed by atoms with Crippen molar-refractivity contribution in [3.8, 4) is 0 Å². The summed E-state index contributed by atoms with van der Waals surface area (Å²) in [6.45, 7) is 1.99. The zero-order valence-corrected chi connectivity index (χ0v) is 14.0. The van der Waals surface area contributed by atoms with Gasteiger partial charge >= 0.3 is 0 Å². The average molecular weight is 330 g/mol. The first-order chi connectivity index (χ1) is 10.8. The first-order valence-corrected chi connectivity index (χ1v) is 9.56. The number of thioether (sulfide) groups is 1. The number of thiophene rings is 1. The highest BCUT2D eigenvalue weighted by Crippen LogP contribution is 2.46. The molecule has 5 heteroatoms. The van der Waals surface area contributed by atoms with Crippen LogP contribution in [0.3, 0.4) is 0 Å². The van der Waals surface area contributed by atoms with Crippen molar-refractivity contribution in [1.29, 1.82) is 0 Å². The second-order valence-electron chi connectivity index (χ2n) is 5.83. The minimum Gasteiger partial charge on any atom is -0.344 e. The predicted molar refractivity (Wildman–Crippen MR) is 91.8 cm³/mol. The Hall–Kier alpha value is -1.30. The van der Waals surface area contributed by atoms with Crippen LogP contribution < -0.4 is 10.6 Å². The lowest BCUT2D eigenvalue weighted by atomic mass is 9.94. The topological polar surface area (TPSA) is 41.1 Å². The molecule has 1 aliphatic carbocycles. The number of amides is 1. The third-order valence-electron chi connectivity index (χ3n) is 4.71. The number of carbonyl (C=O) groups is 1. The van der Waals surface area contributed by atoms with Crippen LogP contribution in [0.2, 0.25) is 0 Å². The Morgan fingerprint density at radius 2 is 2.05 bits per heavy atom. The molecule has 1 fully saturated rings. The lowest BCUT2D eigenvalue weighted by molar-refractivity contribution is 0.0930. The van der Waals surface area contributed by atoms with Crippen LogP contribution in [-0.2, 0) is 0 Å². The van der Waals surface area contributed by atoms with Gasteiger partial charge in [-0.3, -0.25) is 4.79 Å². The van der Waals surface area contributed by atoms with Crippen molar-refractivity contribution in [1.82, 2.24) is 10.6 Å². The van der Waals surface area contributed by atoms with Crippen molar-refractivity contribution in [2.75, 3.05) is 19.3 Å². The van der Waals surface area contributed by atoms with Gasteiger partial charge in [0.1, 0.15) is 0 Å². The minimum atomic E-state index is 0.0534. The minimum absolute atomic E-state index is 0.0534. The molecule has 1 aliphatic heterocycles. The van der Waals surface area contributed by atoms with Gasteiger partial charge in [0, 0.05) is 24.9 Å². The monoisotopic (exact) mass is 330 g/mol. The van der Waals surface area contributed by atoms with Crippen molar-refractivity contribution in [2.45, 2.75) is 16.2 Å². The molecule has 0 spiro atoms. The Morgan fingerprint density at radius 3 is 2.82 bits per heavy atom. The summed E-state index contributed by atoms with van der Waals surface area (Å²) in [5.41, 5.74) is 2.70. The molecule has 0 unspecified atom stereocenters. The molecular weight excluding hydrogens is 312 g/mol.